The van der Waals surface area contributed by atoms with E-state index in [1.807, 2.05) is 6.26 Å². The highest BCUT2D eigenvalue weighted by molar-refractivity contribution is 7.97. The summed E-state index contributed by atoms with van der Waals surface area (Å²) in [5, 5.41) is 7.03. The molecule has 9 heteroatoms. The predicted molar refractivity (Wildman–Crippen MR) is 77.9 cm³/mol. The van der Waals surface area contributed by atoms with Gasteiger partial charge < -0.3 is 14.3 Å². The lowest BCUT2D eigenvalue weighted by molar-refractivity contribution is 0.379. The van der Waals surface area contributed by atoms with Gasteiger partial charge in [0, 0.05) is 6.92 Å². The van der Waals surface area contributed by atoms with Gasteiger partial charge in [0.2, 0.25) is 5.89 Å². The van der Waals surface area contributed by atoms with Crippen LogP contribution < -0.4 is 5.32 Å². The van der Waals surface area contributed by atoms with Gasteiger partial charge in [-0.05, 0) is 13.2 Å². The second-order valence-electron chi connectivity index (χ2n) is 4.40. The molecule has 3 aromatic heterocycles. The molecule has 0 fully saturated rings. The molecular formula is C12H14N6O2S. The molecule has 0 saturated carbocycles. The summed E-state index contributed by atoms with van der Waals surface area (Å²) >= 11 is 1.64. The van der Waals surface area contributed by atoms with Crippen molar-refractivity contribution < 1.29 is 8.94 Å². The first-order valence-electron chi connectivity index (χ1n) is 6.31. The molecule has 1 N–H and O–H groups in total. The van der Waals surface area contributed by atoms with Crippen LogP contribution >= 0.6 is 11.8 Å². The number of nitrogens with zero attached hydrogens (tertiary/aromatic N) is 5. The first-order valence-corrected chi connectivity index (χ1v) is 7.71. The van der Waals surface area contributed by atoms with E-state index in [0.717, 1.165) is 5.75 Å². The van der Waals surface area contributed by atoms with Crippen LogP contribution in [0.4, 0.5) is 5.82 Å². The quantitative estimate of drug-likeness (QED) is 0.758. The topological polar surface area (TPSA) is 103 Å². The Bertz CT molecular complexity index is 768. The van der Waals surface area contributed by atoms with Gasteiger partial charge in [-0.25, -0.2) is 9.97 Å². The second kappa shape index (κ2) is 5.68. The fourth-order valence-corrected chi connectivity index (χ4v) is 2.24. The molecule has 0 amide bonds. The zero-order valence-corrected chi connectivity index (χ0v) is 12.7. The van der Waals surface area contributed by atoms with Crippen LogP contribution in [0.5, 0.6) is 0 Å². The smallest absolute Gasteiger partial charge is 0.252 e. The highest BCUT2D eigenvalue weighted by Gasteiger charge is 2.13. The number of aryl methyl sites for hydroxylation is 2. The van der Waals surface area contributed by atoms with Crippen molar-refractivity contribution in [3.8, 4) is 0 Å². The molecule has 110 valence electrons. The Morgan fingerprint density at radius 2 is 2.00 bits per heavy atom. The van der Waals surface area contributed by atoms with Gasteiger partial charge in [-0.1, -0.05) is 5.16 Å². The van der Waals surface area contributed by atoms with Gasteiger partial charge in [0.1, 0.15) is 5.82 Å². The lowest BCUT2D eigenvalue weighted by atomic mass is 10.4. The van der Waals surface area contributed by atoms with Crippen molar-refractivity contribution in [3.05, 3.63) is 23.4 Å². The maximum atomic E-state index is 5.42. The Hall–Kier alpha value is -2.16. The van der Waals surface area contributed by atoms with Gasteiger partial charge >= 0.3 is 0 Å². The molecule has 21 heavy (non-hydrogen) atoms. The lowest BCUT2D eigenvalue weighted by Gasteiger charge is -2.03. The number of hydrogen-bond donors (Lipinski definition) is 1. The Labute approximate surface area is 124 Å². The van der Waals surface area contributed by atoms with Crippen LogP contribution in [0.15, 0.2) is 8.94 Å². The minimum atomic E-state index is 0.374. The summed E-state index contributed by atoms with van der Waals surface area (Å²) in [6.07, 6.45) is 1.99. The summed E-state index contributed by atoms with van der Waals surface area (Å²) in [7, 11) is 0. The predicted octanol–water partition coefficient (Wildman–Crippen LogP) is 2.09. The molecule has 3 heterocycles. The fourth-order valence-electron chi connectivity index (χ4n) is 1.87. The van der Waals surface area contributed by atoms with Crippen LogP contribution in [0.2, 0.25) is 0 Å². The maximum Gasteiger partial charge on any atom is 0.252 e. The molecule has 3 aromatic rings. The summed E-state index contributed by atoms with van der Waals surface area (Å²) in [4.78, 5) is 17.1. The number of rotatable bonds is 5. The summed E-state index contributed by atoms with van der Waals surface area (Å²) in [6.45, 7) is 3.94. The van der Waals surface area contributed by atoms with E-state index >= 15 is 0 Å². The number of oxazole rings is 1. The molecule has 8 nitrogen and oxygen atoms in total. The maximum absolute atomic E-state index is 5.42. The zero-order valence-electron chi connectivity index (χ0n) is 11.9. The van der Waals surface area contributed by atoms with E-state index in [1.165, 1.54) is 0 Å². The lowest BCUT2D eigenvalue weighted by Crippen LogP contribution is -2.04. The first kappa shape index (κ1) is 13.8. The molecule has 0 aromatic carbocycles. The van der Waals surface area contributed by atoms with Crippen molar-refractivity contribution in [2.24, 2.45) is 0 Å². The summed E-state index contributed by atoms with van der Waals surface area (Å²) in [5.74, 6) is 3.66. The average Bonchev–Trinajstić information content (AvgIpc) is 3.02. The third-order valence-corrected chi connectivity index (χ3v) is 3.21. The van der Waals surface area contributed by atoms with E-state index in [-0.39, 0.29) is 0 Å². The molecule has 0 bridgehead atoms. The molecule has 0 unspecified atom stereocenters. The van der Waals surface area contributed by atoms with Crippen LogP contribution in [0.3, 0.4) is 0 Å². The van der Waals surface area contributed by atoms with Crippen molar-refractivity contribution >= 4 is 28.8 Å². The van der Waals surface area contributed by atoms with E-state index in [0.29, 0.717) is 47.0 Å². The van der Waals surface area contributed by atoms with Crippen LogP contribution in [0.25, 0.3) is 11.2 Å². The van der Waals surface area contributed by atoms with Gasteiger partial charge in [0.25, 0.3) is 5.71 Å². The standard InChI is InChI=1S/C12H14N6O2S/c1-6-14-11(10-12(15-6)19-7(2)16-10)13-4-9-17-8(5-21-3)18-20-9/h4-5H2,1-3H3,(H,13,14,15). The molecule has 3 rings (SSSR count). The minimum absolute atomic E-state index is 0.374. The Kier molecular flexibility index (Phi) is 3.74. The summed E-state index contributed by atoms with van der Waals surface area (Å²) < 4.78 is 10.6. The first-order chi connectivity index (χ1) is 10.2. The highest BCUT2D eigenvalue weighted by Crippen LogP contribution is 2.20. The van der Waals surface area contributed by atoms with Gasteiger partial charge in [-0.3, -0.25) is 0 Å². The van der Waals surface area contributed by atoms with Gasteiger partial charge in [0.05, 0.1) is 12.3 Å². The van der Waals surface area contributed by atoms with E-state index in [4.69, 9.17) is 8.94 Å². The number of thioether (sulfide) groups is 1. The molecular weight excluding hydrogens is 292 g/mol. The molecule has 0 atom stereocenters. The Morgan fingerprint density at radius 1 is 1.14 bits per heavy atom. The van der Waals surface area contributed by atoms with Crippen molar-refractivity contribution in [2.75, 3.05) is 11.6 Å². The fraction of sp³-hybridized carbons (Fsp3) is 0.417. The SMILES string of the molecule is CSCc1noc(CNc2nc(C)nc3oc(C)nc23)n1. The van der Waals surface area contributed by atoms with Crippen LogP contribution in [-0.4, -0.2) is 31.3 Å². The third-order valence-electron chi connectivity index (χ3n) is 2.67. The highest BCUT2D eigenvalue weighted by atomic mass is 32.2. The van der Waals surface area contributed by atoms with E-state index in [2.05, 4.69) is 30.4 Å². The Balaban J connectivity index is 1.80. The minimum Gasteiger partial charge on any atom is -0.422 e. The van der Waals surface area contributed by atoms with E-state index in [9.17, 15) is 0 Å². The summed E-state index contributed by atoms with van der Waals surface area (Å²) in [6, 6.07) is 0. The summed E-state index contributed by atoms with van der Waals surface area (Å²) in [5.41, 5.74) is 1.07. The van der Waals surface area contributed by atoms with Crippen molar-refractivity contribution in [2.45, 2.75) is 26.1 Å². The molecule has 0 aliphatic heterocycles. The zero-order chi connectivity index (χ0) is 14.8. The normalized spacial score (nSPS) is 11.2. The molecule has 0 spiro atoms. The number of fused-ring (bicyclic) bond motifs is 1. The largest absolute Gasteiger partial charge is 0.422 e. The van der Waals surface area contributed by atoms with Crippen molar-refractivity contribution in [1.29, 1.82) is 0 Å². The van der Waals surface area contributed by atoms with Crippen molar-refractivity contribution in [3.63, 3.8) is 0 Å². The van der Waals surface area contributed by atoms with Gasteiger partial charge in [-0.2, -0.15) is 21.7 Å². The number of aromatic nitrogens is 5. The molecule has 0 aliphatic rings. The monoisotopic (exact) mass is 306 g/mol. The van der Waals surface area contributed by atoms with Crippen LogP contribution in [-0.2, 0) is 12.3 Å². The molecule has 0 aliphatic carbocycles. The van der Waals surface area contributed by atoms with Crippen LogP contribution in [0, 0.1) is 13.8 Å². The molecule has 0 saturated heterocycles. The number of anilines is 1. The van der Waals surface area contributed by atoms with Crippen LogP contribution in [0.1, 0.15) is 23.4 Å². The van der Waals surface area contributed by atoms with E-state index < -0.39 is 0 Å². The van der Waals surface area contributed by atoms with Crippen molar-refractivity contribution in [1.82, 2.24) is 25.1 Å². The van der Waals surface area contributed by atoms with Gasteiger partial charge in [-0.15, -0.1) is 0 Å². The number of nitrogens with one attached hydrogen (secondary N) is 1. The average molecular weight is 306 g/mol. The Morgan fingerprint density at radius 3 is 2.81 bits per heavy atom. The third kappa shape index (κ3) is 2.97. The second-order valence-corrected chi connectivity index (χ2v) is 5.26. The van der Waals surface area contributed by atoms with Gasteiger partial charge in [0.15, 0.2) is 23.0 Å². The van der Waals surface area contributed by atoms with E-state index in [1.54, 1.807) is 25.6 Å². The molecule has 0 radical (unpaired) electrons. The number of hydrogen-bond acceptors (Lipinski definition) is 9.